The summed E-state index contributed by atoms with van der Waals surface area (Å²) in [5.74, 6) is 2.82. The first kappa shape index (κ1) is 23.5. The first-order chi connectivity index (χ1) is 16.3. The van der Waals surface area contributed by atoms with Crippen LogP contribution in [0.25, 0.3) is 16.3 Å². The Morgan fingerprint density at radius 2 is 1.82 bits per heavy atom. The van der Waals surface area contributed by atoms with Gasteiger partial charge in [0.2, 0.25) is 10.0 Å². The van der Waals surface area contributed by atoms with E-state index in [-0.39, 0.29) is 5.92 Å². The van der Waals surface area contributed by atoms with Crippen molar-refractivity contribution in [2.45, 2.75) is 46.0 Å². The maximum absolute atomic E-state index is 12.9. The molecule has 5 rings (SSSR count). The van der Waals surface area contributed by atoms with Crippen molar-refractivity contribution < 1.29 is 8.42 Å². The zero-order valence-corrected chi connectivity index (χ0v) is 21.7. The molecule has 6 nitrogen and oxygen atoms in total. The average Bonchev–Trinajstić information content (AvgIpc) is 3.20. The third-order valence-electron chi connectivity index (χ3n) is 6.80. The van der Waals surface area contributed by atoms with Crippen molar-refractivity contribution in [3.05, 3.63) is 57.6 Å². The molecule has 8 heteroatoms. The number of nitrogens with zero attached hydrogens (tertiary/aromatic N) is 4. The summed E-state index contributed by atoms with van der Waals surface area (Å²) in [6, 6.07) is 9.54. The van der Waals surface area contributed by atoms with E-state index in [2.05, 4.69) is 25.7 Å². The number of anilines is 1. The number of aromatic nitrogens is 2. The van der Waals surface area contributed by atoms with Gasteiger partial charge in [0.1, 0.15) is 16.5 Å². The number of hydrogen-bond acceptors (Lipinski definition) is 6. The van der Waals surface area contributed by atoms with Crippen molar-refractivity contribution in [1.82, 2.24) is 14.3 Å². The van der Waals surface area contributed by atoms with Gasteiger partial charge in [0.25, 0.3) is 0 Å². The van der Waals surface area contributed by atoms with Crippen LogP contribution in [0.3, 0.4) is 0 Å². The molecule has 1 aromatic carbocycles. The van der Waals surface area contributed by atoms with Crippen LogP contribution < -0.4 is 4.90 Å². The third-order valence-corrected chi connectivity index (χ3v) is 9.51. The molecule has 0 saturated carbocycles. The lowest BCUT2D eigenvalue weighted by atomic mass is 9.89. The monoisotopic (exact) mass is 496 g/mol. The van der Waals surface area contributed by atoms with Crippen LogP contribution in [0.15, 0.2) is 35.7 Å². The number of benzene rings is 1. The zero-order chi connectivity index (χ0) is 23.9. The molecule has 1 fully saturated rings. The Balaban J connectivity index is 1.40. The van der Waals surface area contributed by atoms with Gasteiger partial charge in [-0.1, -0.05) is 51.1 Å². The van der Waals surface area contributed by atoms with Crippen LogP contribution in [0.5, 0.6) is 0 Å². The van der Waals surface area contributed by atoms with Gasteiger partial charge in [0.05, 0.1) is 5.39 Å². The molecule has 1 aliphatic carbocycles. The fourth-order valence-electron chi connectivity index (χ4n) is 4.80. The van der Waals surface area contributed by atoms with Crippen LogP contribution >= 0.6 is 11.3 Å². The van der Waals surface area contributed by atoms with Crippen molar-refractivity contribution in [1.29, 1.82) is 0 Å². The summed E-state index contributed by atoms with van der Waals surface area (Å²) in [4.78, 5) is 14.8. The minimum Gasteiger partial charge on any atom is -0.353 e. The van der Waals surface area contributed by atoms with Crippen molar-refractivity contribution in [3.63, 3.8) is 0 Å². The SMILES string of the molecule is CC(C)c1nc(N2CCN(S(=O)(=O)/C=C/c3ccccc3)CC2)c2c3c(sc2n1)C[C@@H](C)CC3. The molecule has 0 radical (unpaired) electrons. The Morgan fingerprint density at radius 1 is 1.09 bits per heavy atom. The number of thiophene rings is 1. The van der Waals surface area contributed by atoms with E-state index in [1.54, 1.807) is 10.4 Å². The van der Waals surface area contributed by atoms with E-state index in [0.29, 0.717) is 32.1 Å². The van der Waals surface area contributed by atoms with E-state index in [4.69, 9.17) is 9.97 Å². The molecule has 2 aromatic heterocycles. The third kappa shape index (κ3) is 4.63. The second-order valence-corrected chi connectivity index (χ2v) is 12.6. The fourth-order valence-corrected chi connectivity index (χ4v) is 7.35. The van der Waals surface area contributed by atoms with Crippen molar-refractivity contribution in [2.24, 2.45) is 5.92 Å². The maximum Gasteiger partial charge on any atom is 0.236 e. The Bertz CT molecular complexity index is 1310. The Labute approximate surface area is 206 Å². The van der Waals surface area contributed by atoms with Crippen molar-refractivity contribution >= 4 is 43.5 Å². The van der Waals surface area contributed by atoms with Gasteiger partial charge in [-0.15, -0.1) is 11.3 Å². The van der Waals surface area contributed by atoms with Crippen molar-refractivity contribution in [2.75, 3.05) is 31.1 Å². The quantitative estimate of drug-likeness (QED) is 0.494. The Kier molecular flexibility index (Phi) is 6.48. The summed E-state index contributed by atoms with van der Waals surface area (Å²) in [5.41, 5.74) is 2.30. The first-order valence-corrected chi connectivity index (χ1v) is 14.4. The molecule has 1 aliphatic heterocycles. The lowest BCUT2D eigenvalue weighted by molar-refractivity contribution is 0.389. The molecule has 0 N–H and O–H groups in total. The van der Waals surface area contributed by atoms with Gasteiger partial charge < -0.3 is 4.90 Å². The van der Waals surface area contributed by atoms with Gasteiger partial charge in [-0.05, 0) is 42.4 Å². The standard InChI is InChI=1S/C26H32N4O2S2/c1-18(2)24-27-25(23-21-10-9-19(3)17-22(21)33-26(23)28-24)29-12-14-30(15-13-29)34(31,32)16-11-20-7-5-4-6-8-20/h4-8,11,16,18-19H,9-10,12-15,17H2,1-3H3/b16-11+/t19-/m0/s1. The highest BCUT2D eigenvalue weighted by molar-refractivity contribution is 7.92. The smallest absolute Gasteiger partial charge is 0.236 e. The van der Waals surface area contributed by atoms with Gasteiger partial charge in [0.15, 0.2) is 0 Å². The first-order valence-electron chi connectivity index (χ1n) is 12.1. The van der Waals surface area contributed by atoms with Crippen LogP contribution in [0.2, 0.25) is 0 Å². The minimum atomic E-state index is -3.47. The summed E-state index contributed by atoms with van der Waals surface area (Å²) >= 11 is 1.83. The molecule has 2 aliphatic rings. The lowest BCUT2D eigenvalue weighted by Crippen LogP contribution is -2.48. The number of fused-ring (bicyclic) bond motifs is 3. The second-order valence-electron chi connectivity index (χ2n) is 9.74. The number of hydrogen-bond donors (Lipinski definition) is 0. The molecule has 0 amide bonds. The zero-order valence-electron chi connectivity index (χ0n) is 20.1. The summed E-state index contributed by atoms with van der Waals surface area (Å²) in [6.45, 7) is 8.74. The Morgan fingerprint density at radius 3 is 2.53 bits per heavy atom. The largest absolute Gasteiger partial charge is 0.353 e. The predicted molar refractivity (Wildman–Crippen MR) is 141 cm³/mol. The van der Waals surface area contributed by atoms with Crippen molar-refractivity contribution in [3.8, 4) is 0 Å². The summed E-state index contributed by atoms with van der Waals surface area (Å²) in [6.07, 6.45) is 5.06. The molecule has 34 heavy (non-hydrogen) atoms. The lowest BCUT2D eigenvalue weighted by Gasteiger charge is -2.35. The van der Waals surface area contributed by atoms with Crippen LogP contribution in [-0.4, -0.2) is 48.9 Å². The van der Waals surface area contributed by atoms with E-state index in [1.165, 1.54) is 27.7 Å². The Hall–Kier alpha value is -2.29. The molecule has 3 aromatic rings. The number of aryl methyl sites for hydroxylation is 1. The summed E-state index contributed by atoms with van der Waals surface area (Å²) in [7, 11) is -3.47. The highest BCUT2D eigenvalue weighted by Gasteiger charge is 2.30. The average molecular weight is 497 g/mol. The molecule has 0 unspecified atom stereocenters. The highest BCUT2D eigenvalue weighted by Crippen LogP contribution is 2.41. The van der Waals surface area contributed by atoms with E-state index in [9.17, 15) is 8.42 Å². The van der Waals surface area contributed by atoms with E-state index < -0.39 is 10.0 Å². The summed E-state index contributed by atoms with van der Waals surface area (Å²) < 4.78 is 27.4. The molecule has 0 spiro atoms. The predicted octanol–water partition coefficient (Wildman–Crippen LogP) is 5.06. The van der Waals surface area contributed by atoms with Gasteiger partial charge in [-0.25, -0.2) is 18.4 Å². The normalized spacial score (nSPS) is 19.9. The minimum absolute atomic E-state index is 0.242. The van der Waals surface area contributed by atoms with Crippen LogP contribution in [0.1, 0.15) is 54.9 Å². The maximum atomic E-state index is 12.9. The van der Waals surface area contributed by atoms with E-state index in [1.807, 2.05) is 41.7 Å². The molecule has 3 heterocycles. The van der Waals surface area contributed by atoms with Gasteiger partial charge in [-0.2, -0.15) is 4.31 Å². The summed E-state index contributed by atoms with van der Waals surface area (Å²) in [5, 5.41) is 2.53. The number of piperazine rings is 1. The van der Waals surface area contributed by atoms with Gasteiger partial charge in [-0.3, -0.25) is 0 Å². The number of sulfonamides is 1. The molecular weight excluding hydrogens is 464 g/mol. The topological polar surface area (TPSA) is 66.4 Å². The molecule has 180 valence electrons. The fraction of sp³-hybridized carbons (Fsp3) is 0.462. The highest BCUT2D eigenvalue weighted by atomic mass is 32.2. The molecule has 1 atom stereocenters. The molecular formula is C26H32N4O2S2. The van der Waals surface area contributed by atoms with Crippen LogP contribution in [-0.2, 0) is 22.9 Å². The van der Waals surface area contributed by atoms with Gasteiger partial charge >= 0.3 is 0 Å². The second kappa shape index (κ2) is 9.40. The molecule has 0 bridgehead atoms. The van der Waals surface area contributed by atoms with Crippen LogP contribution in [0.4, 0.5) is 5.82 Å². The van der Waals surface area contributed by atoms with Crippen LogP contribution in [0, 0.1) is 5.92 Å². The number of rotatable bonds is 5. The van der Waals surface area contributed by atoms with Gasteiger partial charge in [0, 0.05) is 42.4 Å². The van der Waals surface area contributed by atoms with E-state index >= 15 is 0 Å². The molecule has 1 saturated heterocycles. The van der Waals surface area contributed by atoms with E-state index in [0.717, 1.165) is 34.9 Å².